The third-order valence-electron chi connectivity index (χ3n) is 2.84. The van der Waals surface area contributed by atoms with E-state index in [0.717, 1.165) is 21.9 Å². The highest BCUT2D eigenvalue weighted by atomic mass is 35.5. The molecule has 1 heterocycles. The molecule has 0 aliphatic rings. The highest BCUT2D eigenvalue weighted by Gasteiger charge is 2.04. The molecule has 3 aromatic rings. The number of thioether (sulfide) groups is 1. The Balaban J connectivity index is 1.56. The zero-order chi connectivity index (χ0) is 14.7. The Labute approximate surface area is 136 Å². The van der Waals surface area contributed by atoms with Gasteiger partial charge in [-0.2, -0.15) is 0 Å². The highest BCUT2D eigenvalue weighted by molar-refractivity contribution is 7.99. The number of fused-ring (bicyclic) bond motifs is 1. The van der Waals surface area contributed by atoms with Crippen molar-refractivity contribution in [2.75, 3.05) is 12.4 Å². The molecule has 1 N–H and O–H groups in total. The number of rotatable bonds is 5. The second-order valence-electron chi connectivity index (χ2n) is 4.33. The predicted octanol–water partition coefficient (Wildman–Crippen LogP) is 5.04. The minimum Gasteiger partial charge on any atom is -0.491 e. The molecule has 0 aliphatic heterocycles. The zero-order valence-electron chi connectivity index (χ0n) is 11.0. The molecule has 0 fully saturated rings. The number of H-pyrrole nitrogens is 1. The van der Waals surface area contributed by atoms with Gasteiger partial charge in [-0.1, -0.05) is 47.1 Å². The number of hydrogen-bond donors (Lipinski definition) is 1. The molecular formula is C15H12Cl2N2OS. The van der Waals surface area contributed by atoms with Crippen molar-refractivity contribution in [3.8, 4) is 5.75 Å². The summed E-state index contributed by atoms with van der Waals surface area (Å²) in [4.78, 5) is 7.72. The first-order valence-electron chi connectivity index (χ1n) is 6.38. The van der Waals surface area contributed by atoms with Crippen molar-refractivity contribution < 1.29 is 4.74 Å². The molecule has 6 heteroatoms. The SMILES string of the molecule is Clc1ccc2nc(SCCOc3ccccc3Cl)[nH]c2c1. The van der Waals surface area contributed by atoms with Crippen LogP contribution in [0, 0.1) is 0 Å². The number of halogens is 2. The van der Waals surface area contributed by atoms with Gasteiger partial charge >= 0.3 is 0 Å². The number of hydrogen-bond acceptors (Lipinski definition) is 3. The molecule has 0 bridgehead atoms. The van der Waals surface area contributed by atoms with Gasteiger partial charge in [0.2, 0.25) is 0 Å². The Morgan fingerprint density at radius 2 is 2.00 bits per heavy atom. The van der Waals surface area contributed by atoms with E-state index < -0.39 is 0 Å². The van der Waals surface area contributed by atoms with Gasteiger partial charge in [0.05, 0.1) is 22.7 Å². The summed E-state index contributed by atoms with van der Waals surface area (Å²) in [5, 5.41) is 2.18. The van der Waals surface area contributed by atoms with Crippen LogP contribution in [0.4, 0.5) is 0 Å². The monoisotopic (exact) mass is 338 g/mol. The van der Waals surface area contributed by atoms with E-state index in [0.29, 0.717) is 22.4 Å². The molecule has 3 rings (SSSR count). The van der Waals surface area contributed by atoms with Gasteiger partial charge in [0.15, 0.2) is 5.16 Å². The summed E-state index contributed by atoms with van der Waals surface area (Å²) in [6.45, 7) is 0.562. The minimum absolute atomic E-state index is 0.562. The van der Waals surface area contributed by atoms with E-state index in [4.69, 9.17) is 27.9 Å². The van der Waals surface area contributed by atoms with Crippen LogP contribution in [-0.2, 0) is 0 Å². The third-order valence-corrected chi connectivity index (χ3v) is 4.22. The molecule has 3 nitrogen and oxygen atoms in total. The molecule has 0 amide bonds. The summed E-state index contributed by atoms with van der Waals surface area (Å²) in [6.07, 6.45) is 0. The first-order chi connectivity index (χ1) is 10.2. The Hall–Kier alpha value is -1.36. The van der Waals surface area contributed by atoms with E-state index in [1.165, 1.54) is 0 Å². The van der Waals surface area contributed by atoms with Crippen LogP contribution in [0.5, 0.6) is 5.75 Å². The fourth-order valence-corrected chi connectivity index (χ4v) is 2.95. The lowest BCUT2D eigenvalue weighted by Crippen LogP contribution is -2.00. The van der Waals surface area contributed by atoms with E-state index in [1.807, 2.05) is 42.5 Å². The van der Waals surface area contributed by atoms with Crippen molar-refractivity contribution in [2.45, 2.75) is 5.16 Å². The van der Waals surface area contributed by atoms with E-state index >= 15 is 0 Å². The van der Waals surface area contributed by atoms with Crippen LogP contribution in [0.2, 0.25) is 10.0 Å². The number of aromatic nitrogens is 2. The molecule has 2 aromatic carbocycles. The van der Waals surface area contributed by atoms with Crippen LogP contribution in [0.1, 0.15) is 0 Å². The van der Waals surface area contributed by atoms with Crippen molar-refractivity contribution in [1.29, 1.82) is 0 Å². The second-order valence-corrected chi connectivity index (χ2v) is 6.26. The molecular weight excluding hydrogens is 327 g/mol. The van der Waals surface area contributed by atoms with E-state index in [9.17, 15) is 0 Å². The number of imidazole rings is 1. The van der Waals surface area contributed by atoms with Crippen molar-refractivity contribution in [3.05, 3.63) is 52.5 Å². The Kier molecular flexibility index (Phi) is 4.58. The number of benzene rings is 2. The normalized spacial score (nSPS) is 11.0. The molecule has 0 radical (unpaired) electrons. The van der Waals surface area contributed by atoms with Crippen LogP contribution in [-0.4, -0.2) is 22.3 Å². The highest BCUT2D eigenvalue weighted by Crippen LogP contribution is 2.25. The lowest BCUT2D eigenvalue weighted by atomic mass is 10.3. The fourth-order valence-electron chi connectivity index (χ4n) is 1.88. The molecule has 0 saturated heterocycles. The summed E-state index contributed by atoms with van der Waals surface area (Å²) < 4.78 is 5.64. The second kappa shape index (κ2) is 6.60. The largest absolute Gasteiger partial charge is 0.491 e. The van der Waals surface area contributed by atoms with Crippen molar-refractivity contribution in [3.63, 3.8) is 0 Å². The Bertz CT molecular complexity index is 760. The first kappa shape index (κ1) is 14.6. The van der Waals surface area contributed by atoms with E-state index in [1.54, 1.807) is 11.8 Å². The first-order valence-corrected chi connectivity index (χ1v) is 8.12. The van der Waals surface area contributed by atoms with Crippen molar-refractivity contribution in [1.82, 2.24) is 9.97 Å². The molecule has 21 heavy (non-hydrogen) atoms. The van der Waals surface area contributed by atoms with E-state index in [2.05, 4.69) is 9.97 Å². The van der Waals surface area contributed by atoms with Crippen LogP contribution in [0.3, 0.4) is 0 Å². The molecule has 0 atom stereocenters. The maximum Gasteiger partial charge on any atom is 0.166 e. The summed E-state index contributed by atoms with van der Waals surface area (Å²) >= 11 is 13.6. The van der Waals surface area contributed by atoms with Crippen molar-refractivity contribution in [2.24, 2.45) is 0 Å². The fraction of sp³-hybridized carbons (Fsp3) is 0.133. The smallest absolute Gasteiger partial charge is 0.166 e. The van der Waals surface area contributed by atoms with Gasteiger partial charge in [0.1, 0.15) is 5.75 Å². The Morgan fingerprint density at radius 1 is 1.14 bits per heavy atom. The van der Waals surface area contributed by atoms with Gasteiger partial charge in [-0.25, -0.2) is 4.98 Å². The van der Waals surface area contributed by atoms with Gasteiger partial charge < -0.3 is 9.72 Å². The van der Waals surface area contributed by atoms with Crippen LogP contribution in [0.15, 0.2) is 47.6 Å². The summed E-state index contributed by atoms with van der Waals surface area (Å²) in [6, 6.07) is 13.1. The summed E-state index contributed by atoms with van der Waals surface area (Å²) in [5.41, 5.74) is 1.85. The standard InChI is InChI=1S/C15H12Cl2N2OS/c16-10-5-6-12-13(9-10)19-15(18-12)21-8-7-20-14-4-2-1-3-11(14)17/h1-6,9H,7-8H2,(H,18,19). The maximum absolute atomic E-state index is 6.03. The average molecular weight is 339 g/mol. The summed E-state index contributed by atoms with van der Waals surface area (Å²) in [7, 11) is 0. The van der Waals surface area contributed by atoms with Crippen LogP contribution < -0.4 is 4.74 Å². The zero-order valence-corrected chi connectivity index (χ0v) is 13.3. The van der Waals surface area contributed by atoms with Crippen LogP contribution >= 0.6 is 35.0 Å². The molecule has 0 spiro atoms. The average Bonchev–Trinajstić information content (AvgIpc) is 2.87. The van der Waals surface area contributed by atoms with Gasteiger partial charge in [0.25, 0.3) is 0 Å². The topological polar surface area (TPSA) is 37.9 Å². The molecule has 0 unspecified atom stereocenters. The predicted molar refractivity (Wildman–Crippen MR) is 88.8 cm³/mol. The third kappa shape index (κ3) is 3.64. The lowest BCUT2D eigenvalue weighted by Gasteiger charge is -2.06. The van der Waals surface area contributed by atoms with Gasteiger partial charge in [-0.05, 0) is 30.3 Å². The molecule has 0 saturated carbocycles. The number of aromatic amines is 1. The summed E-state index contributed by atoms with van der Waals surface area (Å²) in [5.74, 6) is 1.48. The number of para-hydroxylation sites is 1. The molecule has 0 aliphatic carbocycles. The van der Waals surface area contributed by atoms with Crippen LogP contribution in [0.25, 0.3) is 11.0 Å². The lowest BCUT2D eigenvalue weighted by molar-refractivity contribution is 0.344. The number of nitrogens with one attached hydrogen (secondary N) is 1. The van der Waals surface area contributed by atoms with Gasteiger partial charge in [-0.15, -0.1) is 0 Å². The minimum atomic E-state index is 0.562. The molecule has 1 aromatic heterocycles. The quantitative estimate of drug-likeness (QED) is 0.523. The molecule has 108 valence electrons. The number of ether oxygens (including phenoxy) is 1. The van der Waals surface area contributed by atoms with Gasteiger partial charge in [0, 0.05) is 10.8 Å². The number of nitrogens with zero attached hydrogens (tertiary/aromatic N) is 1. The van der Waals surface area contributed by atoms with Gasteiger partial charge in [-0.3, -0.25) is 0 Å². The van der Waals surface area contributed by atoms with E-state index in [-0.39, 0.29) is 0 Å². The maximum atomic E-state index is 6.03. The Morgan fingerprint density at radius 3 is 2.86 bits per heavy atom. The van der Waals surface area contributed by atoms with Crippen molar-refractivity contribution >= 4 is 46.0 Å².